The van der Waals surface area contributed by atoms with Gasteiger partial charge in [-0.1, -0.05) is 28.8 Å². The molecule has 0 aliphatic heterocycles. The van der Waals surface area contributed by atoms with Crippen LogP contribution in [0.1, 0.15) is 25.7 Å². The molecule has 0 bridgehead atoms. The van der Waals surface area contributed by atoms with E-state index in [4.69, 9.17) is 0 Å². The van der Waals surface area contributed by atoms with Gasteiger partial charge in [0.25, 0.3) is 0 Å². The summed E-state index contributed by atoms with van der Waals surface area (Å²) in [7, 11) is 4.06. The van der Waals surface area contributed by atoms with E-state index in [-0.39, 0.29) is 10.7 Å². The third-order valence-corrected chi connectivity index (χ3v) is 3.47. The molecule has 2 atom stereocenters. The van der Waals surface area contributed by atoms with Crippen molar-refractivity contribution in [3.05, 3.63) is 0 Å². The fourth-order valence-electron chi connectivity index (χ4n) is 1.88. The van der Waals surface area contributed by atoms with Crippen LogP contribution in [-0.2, 0) is 4.79 Å². The van der Waals surface area contributed by atoms with Crippen LogP contribution in [0.5, 0.6) is 0 Å². The first-order valence-electron chi connectivity index (χ1n) is 4.94. The number of Topliss-reactive ketones (excluding diaryl/α,β-unsaturated/α-hetero) is 1. The molecule has 0 heterocycles. The number of nitrogens with zero attached hydrogens (tertiary/aromatic N) is 1. The van der Waals surface area contributed by atoms with E-state index >= 15 is 0 Å². The van der Waals surface area contributed by atoms with E-state index in [1.54, 1.807) is 0 Å². The Morgan fingerprint density at radius 3 is 2.62 bits per heavy atom. The third-order valence-electron chi connectivity index (χ3n) is 2.56. The third kappa shape index (κ3) is 3.39. The standard InChI is InChI=1S/C10H18BrNO/c1-12(2)7-8-5-3-4-6-9(11)10(8)13/h8-9H,3-7H2,1-2H3/t8-,9-/m1/s1. The van der Waals surface area contributed by atoms with Crippen LogP contribution in [0.4, 0.5) is 0 Å². The van der Waals surface area contributed by atoms with Crippen molar-refractivity contribution in [2.24, 2.45) is 5.92 Å². The van der Waals surface area contributed by atoms with Gasteiger partial charge in [0, 0.05) is 12.5 Å². The molecule has 0 radical (unpaired) electrons. The lowest BCUT2D eigenvalue weighted by Crippen LogP contribution is -2.31. The molecule has 13 heavy (non-hydrogen) atoms. The Morgan fingerprint density at radius 2 is 2.00 bits per heavy atom. The Balaban J connectivity index is 2.54. The van der Waals surface area contributed by atoms with E-state index in [0.29, 0.717) is 5.78 Å². The van der Waals surface area contributed by atoms with Gasteiger partial charge in [-0.25, -0.2) is 0 Å². The molecule has 0 saturated heterocycles. The van der Waals surface area contributed by atoms with Crippen molar-refractivity contribution in [2.75, 3.05) is 20.6 Å². The number of rotatable bonds is 2. The normalized spacial score (nSPS) is 30.6. The summed E-state index contributed by atoms with van der Waals surface area (Å²) in [6.07, 6.45) is 4.47. The second kappa shape index (κ2) is 5.11. The Kier molecular flexibility index (Phi) is 4.39. The molecule has 0 aromatic carbocycles. The second-order valence-corrected chi connectivity index (χ2v) is 5.22. The number of hydrogen-bond donors (Lipinski definition) is 0. The summed E-state index contributed by atoms with van der Waals surface area (Å²) in [6.45, 7) is 0.904. The molecule has 1 aliphatic rings. The van der Waals surface area contributed by atoms with Crippen LogP contribution >= 0.6 is 15.9 Å². The number of carbonyl (C=O) groups is 1. The topological polar surface area (TPSA) is 20.3 Å². The highest BCUT2D eigenvalue weighted by atomic mass is 79.9. The maximum Gasteiger partial charge on any atom is 0.150 e. The van der Waals surface area contributed by atoms with Crippen LogP contribution in [0, 0.1) is 5.92 Å². The molecule has 0 unspecified atom stereocenters. The fraction of sp³-hybridized carbons (Fsp3) is 0.900. The van der Waals surface area contributed by atoms with E-state index in [1.807, 2.05) is 14.1 Å². The monoisotopic (exact) mass is 247 g/mol. The average Bonchev–Trinajstić information content (AvgIpc) is 2.19. The van der Waals surface area contributed by atoms with E-state index < -0.39 is 0 Å². The predicted octanol–water partition coefficient (Wildman–Crippen LogP) is 2.07. The van der Waals surface area contributed by atoms with Crippen LogP contribution in [0.25, 0.3) is 0 Å². The van der Waals surface area contributed by atoms with E-state index in [0.717, 1.165) is 19.4 Å². The Bertz CT molecular complexity index is 182. The first-order chi connectivity index (χ1) is 6.11. The van der Waals surface area contributed by atoms with Crippen molar-refractivity contribution in [1.82, 2.24) is 4.90 Å². The highest BCUT2D eigenvalue weighted by Gasteiger charge is 2.27. The molecular weight excluding hydrogens is 230 g/mol. The van der Waals surface area contributed by atoms with Gasteiger partial charge in [-0.2, -0.15) is 0 Å². The highest BCUT2D eigenvalue weighted by molar-refractivity contribution is 9.10. The average molecular weight is 248 g/mol. The zero-order chi connectivity index (χ0) is 9.84. The first-order valence-corrected chi connectivity index (χ1v) is 5.85. The number of halogens is 1. The molecule has 0 N–H and O–H groups in total. The molecule has 0 aromatic heterocycles. The predicted molar refractivity (Wildman–Crippen MR) is 58.2 cm³/mol. The summed E-state index contributed by atoms with van der Waals surface area (Å²) in [4.78, 5) is 14.0. The molecule has 1 fully saturated rings. The molecule has 0 amide bonds. The maximum atomic E-state index is 11.8. The molecular formula is C10H18BrNO. The van der Waals surface area contributed by atoms with E-state index in [9.17, 15) is 4.79 Å². The van der Waals surface area contributed by atoms with E-state index in [1.165, 1.54) is 12.8 Å². The van der Waals surface area contributed by atoms with Gasteiger partial charge in [0.1, 0.15) is 0 Å². The molecule has 0 spiro atoms. The summed E-state index contributed by atoms with van der Waals surface area (Å²) in [5, 5.41) is 0. The number of hydrogen-bond acceptors (Lipinski definition) is 2. The van der Waals surface area contributed by atoms with Crippen LogP contribution in [0.2, 0.25) is 0 Å². The molecule has 3 heteroatoms. The zero-order valence-corrected chi connectivity index (χ0v) is 10.0. The molecule has 76 valence electrons. The summed E-state index contributed by atoms with van der Waals surface area (Å²) in [5.74, 6) is 0.660. The minimum Gasteiger partial charge on any atom is -0.309 e. The van der Waals surface area contributed by atoms with Crippen molar-refractivity contribution in [2.45, 2.75) is 30.5 Å². The Labute approximate surface area is 88.8 Å². The van der Waals surface area contributed by atoms with Gasteiger partial charge in [-0.05, 0) is 26.9 Å². The van der Waals surface area contributed by atoms with Crippen LogP contribution in [0.15, 0.2) is 0 Å². The van der Waals surface area contributed by atoms with Gasteiger partial charge in [0.05, 0.1) is 4.83 Å². The lowest BCUT2D eigenvalue weighted by Gasteiger charge is -2.19. The highest BCUT2D eigenvalue weighted by Crippen LogP contribution is 2.25. The maximum absolute atomic E-state index is 11.8. The largest absolute Gasteiger partial charge is 0.309 e. The lowest BCUT2D eigenvalue weighted by molar-refractivity contribution is -0.122. The van der Waals surface area contributed by atoms with Crippen molar-refractivity contribution in [3.8, 4) is 0 Å². The van der Waals surface area contributed by atoms with Gasteiger partial charge >= 0.3 is 0 Å². The van der Waals surface area contributed by atoms with Crippen LogP contribution in [0.3, 0.4) is 0 Å². The molecule has 1 saturated carbocycles. The second-order valence-electron chi connectivity index (χ2n) is 4.11. The van der Waals surface area contributed by atoms with Crippen molar-refractivity contribution in [1.29, 1.82) is 0 Å². The van der Waals surface area contributed by atoms with Gasteiger partial charge in [-0.15, -0.1) is 0 Å². The van der Waals surface area contributed by atoms with Gasteiger partial charge in [0.15, 0.2) is 5.78 Å². The molecule has 1 aliphatic carbocycles. The van der Waals surface area contributed by atoms with Gasteiger partial charge in [0.2, 0.25) is 0 Å². The minimum atomic E-state index is 0.111. The summed E-state index contributed by atoms with van der Waals surface area (Å²) in [5.41, 5.74) is 0. The smallest absolute Gasteiger partial charge is 0.150 e. The van der Waals surface area contributed by atoms with Crippen LogP contribution < -0.4 is 0 Å². The minimum absolute atomic E-state index is 0.111. The first kappa shape index (κ1) is 11.2. The Morgan fingerprint density at radius 1 is 1.38 bits per heavy atom. The van der Waals surface area contributed by atoms with Crippen LogP contribution in [-0.4, -0.2) is 36.2 Å². The lowest BCUT2D eigenvalue weighted by atomic mass is 9.99. The SMILES string of the molecule is CN(C)C[C@H]1CCCC[C@@H](Br)C1=O. The van der Waals surface area contributed by atoms with Gasteiger partial charge in [-0.3, -0.25) is 4.79 Å². The van der Waals surface area contributed by atoms with Crippen molar-refractivity contribution in [3.63, 3.8) is 0 Å². The number of alkyl halides is 1. The molecule has 1 rings (SSSR count). The quantitative estimate of drug-likeness (QED) is 0.550. The number of ketones is 1. The Hall–Kier alpha value is 0.110. The molecule has 0 aromatic rings. The van der Waals surface area contributed by atoms with E-state index in [2.05, 4.69) is 20.8 Å². The number of carbonyl (C=O) groups excluding carboxylic acids is 1. The molecule has 2 nitrogen and oxygen atoms in total. The van der Waals surface area contributed by atoms with Gasteiger partial charge < -0.3 is 4.90 Å². The summed E-state index contributed by atoms with van der Waals surface area (Å²) in [6, 6.07) is 0. The summed E-state index contributed by atoms with van der Waals surface area (Å²) >= 11 is 3.47. The van der Waals surface area contributed by atoms with Crippen molar-refractivity contribution < 1.29 is 4.79 Å². The zero-order valence-electron chi connectivity index (χ0n) is 8.42. The fourth-order valence-corrected chi connectivity index (χ4v) is 2.57. The summed E-state index contributed by atoms with van der Waals surface area (Å²) < 4.78 is 0. The van der Waals surface area contributed by atoms with Crippen molar-refractivity contribution >= 4 is 21.7 Å².